The molecule has 4 nitrogen and oxygen atoms in total. The molecule has 5 heteroatoms. The van der Waals surface area contributed by atoms with Crippen molar-refractivity contribution in [2.24, 2.45) is 11.7 Å². The number of amides is 2. The Labute approximate surface area is 113 Å². The number of likely N-dealkylation sites (tertiary alicyclic amines) is 1. The third-order valence-electron chi connectivity index (χ3n) is 4.19. The van der Waals surface area contributed by atoms with Gasteiger partial charge >= 0.3 is 0 Å². The molecule has 1 saturated carbocycles. The second-order valence-electron chi connectivity index (χ2n) is 5.48. The molecule has 1 aliphatic carbocycles. The van der Waals surface area contributed by atoms with Gasteiger partial charge in [-0.3, -0.25) is 14.5 Å². The molecular weight excluding hydrogens is 248 g/mol. The van der Waals surface area contributed by atoms with Crippen LogP contribution in [0.2, 0.25) is 0 Å². The van der Waals surface area contributed by atoms with Gasteiger partial charge in [0.1, 0.15) is 5.54 Å². The van der Waals surface area contributed by atoms with Crippen molar-refractivity contribution in [1.82, 2.24) is 4.90 Å². The van der Waals surface area contributed by atoms with E-state index < -0.39 is 5.54 Å². The van der Waals surface area contributed by atoms with Crippen molar-refractivity contribution < 1.29 is 9.59 Å². The highest BCUT2D eigenvalue weighted by Gasteiger charge is 2.50. The largest absolute Gasteiger partial charge is 0.391 e. The van der Waals surface area contributed by atoms with E-state index in [4.69, 9.17) is 18.0 Å². The van der Waals surface area contributed by atoms with E-state index in [2.05, 4.69) is 0 Å². The van der Waals surface area contributed by atoms with Crippen LogP contribution in [0.25, 0.3) is 0 Å². The minimum absolute atomic E-state index is 0.102. The number of carbonyl (C=O) groups is 2. The van der Waals surface area contributed by atoms with Crippen molar-refractivity contribution in [2.45, 2.75) is 57.4 Å². The van der Waals surface area contributed by atoms with Crippen LogP contribution in [0.3, 0.4) is 0 Å². The molecule has 0 radical (unpaired) electrons. The van der Waals surface area contributed by atoms with Gasteiger partial charge in [0.15, 0.2) is 0 Å². The van der Waals surface area contributed by atoms with E-state index in [0.717, 1.165) is 38.5 Å². The molecule has 1 saturated heterocycles. The molecule has 1 atom stereocenters. The fourth-order valence-corrected chi connectivity index (χ4v) is 3.42. The first kappa shape index (κ1) is 13.5. The summed E-state index contributed by atoms with van der Waals surface area (Å²) < 4.78 is 0. The van der Waals surface area contributed by atoms with Crippen LogP contribution in [0.5, 0.6) is 0 Å². The highest BCUT2D eigenvalue weighted by molar-refractivity contribution is 7.80. The summed E-state index contributed by atoms with van der Waals surface area (Å²) in [5.74, 6) is -0.441. The topological polar surface area (TPSA) is 63.4 Å². The predicted molar refractivity (Wildman–Crippen MR) is 72.9 cm³/mol. The molecule has 2 rings (SSSR count). The van der Waals surface area contributed by atoms with Crippen LogP contribution in [0.1, 0.15) is 51.9 Å². The molecule has 1 unspecified atom stereocenters. The van der Waals surface area contributed by atoms with Gasteiger partial charge in [-0.2, -0.15) is 0 Å². The Morgan fingerprint density at radius 1 is 1.28 bits per heavy atom. The van der Waals surface area contributed by atoms with Gasteiger partial charge < -0.3 is 5.73 Å². The highest BCUT2D eigenvalue weighted by Crippen LogP contribution is 2.37. The molecule has 1 aliphatic heterocycles. The minimum Gasteiger partial charge on any atom is -0.391 e. The summed E-state index contributed by atoms with van der Waals surface area (Å²) in [4.78, 5) is 26.0. The fourth-order valence-electron chi connectivity index (χ4n) is 3.13. The van der Waals surface area contributed by atoms with E-state index in [-0.39, 0.29) is 17.7 Å². The zero-order valence-electron chi connectivity index (χ0n) is 10.8. The van der Waals surface area contributed by atoms with Crippen molar-refractivity contribution in [3.63, 3.8) is 0 Å². The van der Waals surface area contributed by atoms with Gasteiger partial charge in [-0.05, 0) is 12.8 Å². The molecule has 2 amide bonds. The molecule has 2 fully saturated rings. The Morgan fingerprint density at radius 3 is 2.22 bits per heavy atom. The summed E-state index contributed by atoms with van der Waals surface area (Å²) >= 11 is 5.20. The average molecular weight is 268 g/mol. The van der Waals surface area contributed by atoms with Crippen LogP contribution in [0, 0.1) is 5.92 Å². The van der Waals surface area contributed by atoms with Crippen molar-refractivity contribution >= 4 is 29.0 Å². The van der Waals surface area contributed by atoms with Gasteiger partial charge in [-0.25, -0.2) is 0 Å². The molecule has 2 aliphatic rings. The number of nitrogens with zero attached hydrogens (tertiary/aromatic N) is 1. The molecule has 2 N–H and O–H groups in total. The van der Waals surface area contributed by atoms with E-state index in [1.807, 2.05) is 0 Å². The Hall–Kier alpha value is -0.970. The standard InChI is InChI=1S/C13H20N2O2S/c1-9-8-10(16)15(11(9)17)13(12(14)18)6-4-2-3-5-7-13/h9H,2-8H2,1H3,(H2,14,18). The van der Waals surface area contributed by atoms with Crippen LogP contribution in [0.15, 0.2) is 0 Å². The second kappa shape index (κ2) is 4.96. The summed E-state index contributed by atoms with van der Waals surface area (Å²) in [6.07, 6.45) is 5.94. The normalized spacial score (nSPS) is 28.3. The summed E-state index contributed by atoms with van der Waals surface area (Å²) in [6.45, 7) is 1.80. The van der Waals surface area contributed by atoms with Crippen LogP contribution in [-0.2, 0) is 9.59 Å². The Bertz CT molecular complexity index is 386. The molecular formula is C13H20N2O2S. The number of nitrogens with two attached hydrogens (primary N) is 1. The van der Waals surface area contributed by atoms with E-state index >= 15 is 0 Å². The van der Waals surface area contributed by atoms with E-state index in [9.17, 15) is 9.59 Å². The number of hydrogen-bond donors (Lipinski definition) is 1. The minimum atomic E-state index is -0.690. The first-order chi connectivity index (χ1) is 8.49. The van der Waals surface area contributed by atoms with Gasteiger partial charge in [0, 0.05) is 12.3 Å². The number of thiocarbonyl (C=S) groups is 1. The van der Waals surface area contributed by atoms with Crippen molar-refractivity contribution in [3.05, 3.63) is 0 Å². The van der Waals surface area contributed by atoms with Crippen molar-refractivity contribution in [2.75, 3.05) is 0 Å². The zero-order valence-corrected chi connectivity index (χ0v) is 11.6. The maximum atomic E-state index is 12.2. The average Bonchev–Trinajstić information content (AvgIpc) is 2.53. The summed E-state index contributed by atoms with van der Waals surface area (Å²) in [5, 5.41) is 0. The molecule has 0 bridgehead atoms. The lowest BCUT2D eigenvalue weighted by molar-refractivity contribution is -0.144. The monoisotopic (exact) mass is 268 g/mol. The van der Waals surface area contributed by atoms with Crippen molar-refractivity contribution in [1.29, 1.82) is 0 Å². The lowest BCUT2D eigenvalue weighted by Gasteiger charge is -2.39. The van der Waals surface area contributed by atoms with Gasteiger partial charge in [0.25, 0.3) is 0 Å². The molecule has 100 valence electrons. The van der Waals surface area contributed by atoms with Gasteiger partial charge in [0.05, 0.1) is 4.99 Å². The Kier molecular flexibility index (Phi) is 3.71. The molecule has 0 aromatic heterocycles. The Morgan fingerprint density at radius 2 is 1.83 bits per heavy atom. The molecule has 1 heterocycles. The van der Waals surface area contributed by atoms with E-state index in [0.29, 0.717) is 11.4 Å². The zero-order chi connectivity index (χ0) is 13.3. The quantitative estimate of drug-likeness (QED) is 0.471. The smallest absolute Gasteiger partial charge is 0.233 e. The van der Waals surface area contributed by atoms with E-state index in [1.54, 1.807) is 6.92 Å². The van der Waals surface area contributed by atoms with Crippen LogP contribution in [0.4, 0.5) is 0 Å². The lowest BCUT2D eigenvalue weighted by atomic mass is 9.88. The number of imide groups is 1. The third-order valence-corrected chi connectivity index (χ3v) is 4.57. The molecule has 0 aromatic rings. The molecule has 18 heavy (non-hydrogen) atoms. The Balaban J connectivity index is 2.37. The summed E-state index contributed by atoms with van der Waals surface area (Å²) in [5.41, 5.74) is 5.22. The number of rotatable bonds is 2. The van der Waals surface area contributed by atoms with Crippen LogP contribution >= 0.6 is 12.2 Å². The first-order valence-corrected chi connectivity index (χ1v) is 7.07. The SMILES string of the molecule is CC1CC(=O)N(C2(C(N)=S)CCCCCC2)C1=O. The predicted octanol–water partition coefficient (Wildman–Crippen LogP) is 1.76. The van der Waals surface area contributed by atoms with Gasteiger partial charge in [-0.15, -0.1) is 0 Å². The maximum absolute atomic E-state index is 12.2. The van der Waals surface area contributed by atoms with Crippen molar-refractivity contribution in [3.8, 4) is 0 Å². The lowest BCUT2D eigenvalue weighted by Crippen LogP contribution is -2.58. The second-order valence-corrected chi connectivity index (χ2v) is 5.92. The summed E-state index contributed by atoms with van der Waals surface area (Å²) in [7, 11) is 0. The first-order valence-electron chi connectivity index (χ1n) is 6.66. The maximum Gasteiger partial charge on any atom is 0.233 e. The fraction of sp³-hybridized carbons (Fsp3) is 0.769. The number of hydrogen-bond acceptors (Lipinski definition) is 3. The van der Waals surface area contributed by atoms with Gasteiger partial charge in [0.2, 0.25) is 11.8 Å². The molecule has 0 aromatic carbocycles. The number of carbonyl (C=O) groups excluding carboxylic acids is 2. The summed E-state index contributed by atoms with van der Waals surface area (Å²) in [6, 6.07) is 0. The third kappa shape index (κ3) is 2.05. The van der Waals surface area contributed by atoms with Gasteiger partial charge in [-0.1, -0.05) is 44.8 Å². The van der Waals surface area contributed by atoms with E-state index in [1.165, 1.54) is 4.90 Å². The molecule has 0 spiro atoms. The van der Waals surface area contributed by atoms with Crippen LogP contribution in [-0.4, -0.2) is 27.2 Å². The van der Waals surface area contributed by atoms with Crippen LogP contribution < -0.4 is 5.73 Å². The highest BCUT2D eigenvalue weighted by atomic mass is 32.1.